The van der Waals surface area contributed by atoms with Gasteiger partial charge in [-0.15, -0.1) is 5.10 Å². The van der Waals surface area contributed by atoms with Gasteiger partial charge < -0.3 is 14.7 Å². The second-order valence-electron chi connectivity index (χ2n) is 6.14. The lowest BCUT2D eigenvalue weighted by molar-refractivity contribution is -0.137. The molecule has 0 radical (unpaired) electrons. The number of nitrogens with zero attached hydrogens (tertiary/aromatic N) is 2. The largest absolute Gasteiger partial charge is 0.466 e. The van der Waals surface area contributed by atoms with Gasteiger partial charge in [-0.1, -0.05) is 0 Å². The zero-order valence-corrected chi connectivity index (χ0v) is 12.9. The molecule has 2 aliphatic heterocycles. The van der Waals surface area contributed by atoms with Crippen LogP contribution in [-0.4, -0.2) is 42.2 Å². The van der Waals surface area contributed by atoms with E-state index in [1.165, 1.54) is 17.0 Å². The summed E-state index contributed by atoms with van der Waals surface area (Å²) < 4.78 is 45.5. The van der Waals surface area contributed by atoms with Crippen LogP contribution in [0.25, 0.3) is 0 Å². The molecule has 3 rings (SSSR count). The molecule has 1 amide bonds. The SMILES string of the molecule is C[C@@]1(O)CCN(c2ccc(C3=NNC(=O)CO3)cc2C(F)(F)F)C1. The first-order chi connectivity index (χ1) is 11.2. The molecule has 24 heavy (non-hydrogen) atoms. The summed E-state index contributed by atoms with van der Waals surface area (Å²) in [5.41, 5.74) is 0.451. The first kappa shape index (κ1) is 16.6. The molecule has 1 saturated heterocycles. The van der Waals surface area contributed by atoms with Gasteiger partial charge in [0.15, 0.2) is 6.61 Å². The van der Waals surface area contributed by atoms with E-state index in [4.69, 9.17) is 4.74 Å². The molecule has 1 fully saturated rings. The summed E-state index contributed by atoms with van der Waals surface area (Å²) in [7, 11) is 0. The normalized spacial score (nSPS) is 24.5. The molecule has 0 aromatic heterocycles. The van der Waals surface area contributed by atoms with Gasteiger partial charge >= 0.3 is 6.18 Å². The van der Waals surface area contributed by atoms with E-state index in [-0.39, 0.29) is 30.3 Å². The van der Waals surface area contributed by atoms with Crippen molar-refractivity contribution in [1.82, 2.24) is 5.43 Å². The van der Waals surface area contributed by atoms with Gasteiger partial charge in [-0.2, -0.15) is 13.2 Å². The maximum Gasteiger partial charge on any atom is 0.418 e. The number of alkyl halides is 3. The maximum absolute atomic E-state index is 13.5. The van der Waals surface area contributed by atoms with Crippen molar-refractivity contribution in [2.45, 2.75) is 25.1 Å². The highest BCUT2D eigenvalue weighted by molar-refractivity contribution is 5.98. The minimum atomic E-state index is -4.57. The zero-order chi connectivity index (χ0) is 17.5. The Labute approximate surface area is 135 Å². The first-order valence-electron chi connectivity index (χ1n) is 7.34. The van der Waals surface area contributed by atoms with E-state index < -0.39 is 23.2 Å². The Morgan fingerprint density at radius 3 is 2.71 bits per heavy atom. The van der Waals surface area contributed by atoms with Crippen LogP contribution in [0, 0.1) is 0 Å². The molecule has 1 aromatic carbocycles. The Balaban J connectivity index is 1.98. The van der Waals surface area contributed by atoms with Gasteiger partial charge in [-0.3, -0.25) is 4.79 Å². The van der Waals surface area contributed by atoms with Crippen LogP contribution < -0.4 is 10.3 Å². The summed E-state index contributed by atoms with van der Waals surface area (Å²) in [4.78, 5) is 12.5. The molecule has 2 heterocycles. The molecular formula is C15H16F3N3O3. The Morgan fingerprint density at radius 1 is 1.42 bits per heavy atom. The highest BCUT2D eigenvalue weighted by Gasteiger charge is 2.39. The first-order valence-corrected chi connectivity index (χ1v) is 7.34. The summed E-state index contributed by atoms with van der Waals surface area (Å²) in [6, 6.07) is 3.73. The smallest absolute Gasteiger partial charge is 0.418 e. The third-order valence-corrected chi connectivity index (χ3v) is 3.96. The number of aliphatic hydroxyl groups is 1. The number of β-amino-alcohol motifs (C(OH)–C–C–N with tert-alkyl or cyclic N) is 1. The minimum absolute atomic E-state index is 0.00414. The maximum atomic E-state index is 13.5. The molecule has 0 aliphatic carbocycles. The fourth-order valence-electron chi connectivity index (χ4n) is 2.78. The minimum Gasteiger partial charge on any atom is -0.466 e. The number of carbonyl (C=O) groups is 1. The summed E-state index contributed by atoms with van der Waals surface area (Å²) >= 11 is 0. The second kappa shape index (κ2) is 5.66. The highest BCUT2D eigenvalue weighted by atomic mass is 19.4. The topological polar surface area (TPSA) is 74.2 Å². The molecule has 1 aromatic rings. The number of hydrazone groups is 1. The van der Waals surface area contributed by atoms with Crippen molar-refractivity contribution in [2.75, 3.05) is 24.6 Å². The number of nitrogens with one attached hydrogen (secondary N) is 1. The Bertz CT molecular complexity index is 701. The lowest BCUT2D eigenvalue weighted by Crippen LogP contribution is -2.32. The van der Waals surface area contributed by atoms with Gasteiger partial charge in [0.25, 0.3) is 5.91 Å². The fourth-order valence-corrected chi connectivity index (χ4v) is 2.78. The van der Waals surface area contributed by atoms with Crippen molar-refractivity contribution in [3.8, 4) is 0 Å². The zero-order valence-electron chi connectivity index (χ0n) is 12.9. The van der Waals surface area contributed by atoms with Gasteiger partial charge in [0.05, 0.1) is 11.2 Å². The molecule has 1 atom stereocenters. The number of ether oxygens (including phenoxy) is 1. The van der Waals surface area contributed by atoms with E-state index in [9.17, 15) is 23.1 Å². The van der Waals surface area contributed by atoms with Crippen molar-refractivity contribution >= 4 is 17.5 Å². The average Bonchev–Trinajstić information content (AvgIpc) is 2.87. The highest BCUT2D eigenvalue weighted by Crippen LogP contribution is 2.39. The fraction of sp³-hybridized carbons (Fsp3) is 0.467. The van der Waals surface area contributed by atoms with Crippen LogP contribution >= 0.6 is 0 Å². The van der Waals surface area contributed by atoms with E-state index in [1.807, 2.05) is 0 Å². The van der Waals surface area contributed by atoms with Crippen molar-refractivity contribution in [2.24, 2.45) is 5.10 Å². The Kier molecular flexibility index (Phi) is 3.90. The Hall–Kier alpha value is -2.29. The molecule has 0 spiro atoms. The number of hydrogen-bond donors (Lipinski definition) is 2. The number of amides is 1. The summed E-state index contributed by atoms with van der Waals surface area (Å²) in [6.45, 7) is 1.77. The lowest BCUT2D eigenvalue weighted by Gasteiger charge is -2.25. The number of benzene rings is 1. The molecule has 6 nitrogen and oxygen atoms in total. The Morgan fingerprint density at radius 2 is 2.17 bits per heavy atom. The summed E-state index contributed by atoms with van der Waals surface area (Å²) in [5.74, 6) is -0.536. The van der Waals surface area contributed by atoms with Gasteiger partial charge in [0.1, 0.15) is 0 Å². The predicted molar refractivity (Wildman–Crippen MR) is 79.5 cm³/mol. The van der Waals surface area contributed by atoms with Gasteiger partial charge in [-0.25, -0.2) is 5.43 Å². The molecule has 130 valence electrons. The number of carbonyl (C=O) groups excluding carboxylic acids is 1. The molecule has 0 unspecified atom stereocenters. The average molecular weight is 343 g/mol. The second-order valence-corrected chi connectivity index (χ2v) is 6.14. The number of anilines is 1. The van der Waals surface area contributed by atoms with Crippen LogP contribution in [0.15, 0.2) is 23.3 Å². The van der Waals surface area contributed by atoms with Crippen LogP contribution in [0.1, 0.15) is 24.5 Å². The van der Waals surface area contributed by atoms with Crippen molar-refractivity contribution < 1.29 is 27.8 Å². The monoisotopic (exact) mass is 343 g/mol. The van der Waals surface area contributed by atoms with Crippen LogP contribution in [0.2, 0.25) is 0 Å². The lowest BCUT2D eigenvalue weighted by atomic mass is 10.1. The third kappa shape index (κ3) is 3.30. The predicted octanol–water partition coefficient (Wildman–Crippen LogP) is 1.47. The van der Waals surface area contributed by atoms with E-state index in [0.717, 1.165) is 6.07 Å². The third-order valence-electron chi connectivity index (χ3n) is 3.96. The van der Waals surface area contributed by atoms with Crippen LogP contribution in [0.3, 0.4) is 0 Å². The van der Waals surface area contributed by atoms with Crippen molar-refractivity contribution in [3.05, 3.63) is 29.3 Å². The van der Waals surface area contributed by atoms with Crippen LogP contribution in [0.4, 0.5) is 18.9 Å². The number of rotatable bonds is 2. The molecular weight excluding hydrogens is 327 g/mol. The van der Waals surface area contributed by atoms with Crippen molar-refractivity contribution in [3.63, 3.8) is 0 Å². The van der Waals surface area contributed by atoms with E-state index in [0.29, 0.717) is 13.0 Å². The van der Waals surface area contributed by atoms with E-state index in [1.54, 1.807) is 6.92 Å². The van der Waals surface area contributed by atoms with Gasteiger partial charge in [0.2, 0.25) is 5.90 Å². The number of hydrogen-bond acceptors (Lipinski definition) is 5. The van der Waals surface area contributed by atoms with Gasteiger partial charge in [0, 0.05) is 24.3 Å². The molecule has 0 saturated carbocycles. The number of halogens is 3. The van der Waals surface area contributed by atoms with Gasteiger partial charge in [-0.05, 0) is 31.5 Å². The quantitative estimate of drug-likeness (QED) is 0.853. The van der Waals surface area contributed by atoms with E-state index in [2.05, 4.69) is 10.5 Å². The molecule has 9 heteroatoms. The molecule has 2 aliphatic rings. The molecule has 2 N–H and O–H groups in total. The van der Waals surface area contributed by atoms with Crippen molar-refractivity contribution in [1.29, 1.82) is 0 Å². The summed E-state index contributed by atoms with van der Waals surface area (Å²) in [6.07, 6.45) is -4.17. The standard InChI is InChI=1S/C15H16F3N3O3/c1-14(23)4-5-21(8-14)11-3-2-9(6-10(11)15(16,17)18)13-20-19-12(22)7-24-13/h2-3,6,23H,4-5,7-8H2,1H3,(H,19,22)/t14-/m1/s1. The summed E-state index contributed by atoms with van der Waals surface area (Å²) in [5, 5.41) is 13.6. The van der Waals surface area contributed by atoms with Crippen LogP contribution in [-0.2, 0) is 15.7 Å². The van der Waals surface area contributed by atoms with E-state index >= 15 is 0 Å². The van der Waals surface area contributed by atoms with Crippen LogP contribution in [0.5, 0.6) is 0 Å². The molecule has 0 bridgehead atoms.